The quantitative estimate of drug-likeness (QED) is 0.897. The van der Waals surface area contributed by atoms with Crippen molar-refractivity contribution in [2.45, 2.75) is 45.6 Å². The highest BCUT2D eigenvalue weighted by molar-refractivity contribution is 7.16. The summed E-state index contributed by atoms with van der Waals surface area (Å²) >= 11 is 1.32. The van der Waals surface area contributed by atoms with Gasteiger partial charge in [0.05, 0.1) is 5.56 Å². The highest BCUT2D eigenvalue weighted by atomic mass is 32.1. The molecule has 1 aliphatic rings. The van der Waals surface area contributed by atoms with Gasteiger partial charge in [0.1, 0.15) is 5.00 Å². The van der Waals surface area contributed by atoms with Gasteiger partial charge in [-0.3, -0.25) is 5.32 Å². The number of carbonyl (C=O) groups is 2. The van der Waals surface area contributed by atoms with Crippen LogP contribution in [0, 0.1) is 13.8 Å². The fourth-order valence-corrected chi connectivity index (χ4v) is 3.66. The average Bonchev–Trinajstić information content (AvgIpc) is 2.98. The maximum atomic E-state index is 12.2. The van der Waals surface area contributed by atoms with Crippen molar-refractivity contribution in [1.29, 1.82) is 0 Å². The van der Waals surface area contributed by atoms with Gasteiger partial charge in [0.25, 0.3) is 0 Å². The van der Waals surface area contributed by atoms with Crippen molar-refractivity contribution in [2.75, 3.05) is 12.4 Å². The average molecular weight is 296 g/mol. The molecule has 0 aliphatic heterocycles. The lowest BCUT2D eigenvalue weighted by Crippen LogP contribution is -2.38. The highest BCUT2D eigenvalue weighted by Gasteiger charge is 2.26. The largest absolute Gasteiger partial charge is 0.478 e. The van der Waals surface area contributed by atoms with Gasteiger partial charge in [0.15, 0.2) is 0 Å². The van der Waals surface area contributed by atoms with Gasteiger partial charge in [-0.15, -0.1) is 11.3 Å². The van der Waals surface area contributed by atoms with Crippen molar-refractivity contribution in [1.82, 2.24) is 4.90 Å². The molecule has 20 heavy (non-hydrogen) atoms. The fraction of sp³-hybridized carbons (Fsp3) is 0.571. The third kappa shape index (κ3) is 2.80. The van der Waals surface area contributed by atoms with E-state index in [2.05, 4.69) is 5.32 Å². The number of nitrogens with one attached hydrogen (secondary N) is 1. The Morgan fingerprint density at radius 1 is 1.30 bits per heavy atom. The minimum atomic E-state index is -0.995. The number of aromatic carboxylic acids is 1. The zero-order chi connectivity index (χ0) is 14.9. The first-order valence-corrected chi connectivity index (χ1v) is 7.60. The highest BCUT2D eigenvalue weighted by Crippen LogP contribution is 2.33. The molecule has 1 saturated carbocycles. The first-order valence-electron chi connectivity index (χ1n) is 6.79. The third-order valence-electron chi connectivity index (χ3n) is 4.01. The van der Waals surface area contributed by atoms with E-state index in [1.54, 1.807) is 18.9 Å². The topological polar surface area (TPSA) is 69.6 Å². The molecule has 0 atom stereocenters. The number of carboxylic acid groups (broad SMARTS) is 1. The monoisotopic (exact) mass is 296 g/mol. The molecule has 1 fully saturated rings. The zero-order valence-corrected chi connectivity index (χ0v) is 12.8. The Morgan fingerprint density at radius 3 is 2.45 bits per heavy atom. The molecule has 2 rings (SSSR count). The maximum Gasteiger partial charge on any atom is 0.338 e. The van der Waals surface area contributed by atoms with Crippen LogP contribution in [0.15, 0.2) is 0 Å². The van der Waals surface area contributed by atoms with Crippen molar-refractivity contribution in [3.05, 3.63) is 16.0 Å². The van der Waals surface area contributed by atoms with E-state index >= 15 is 0 Å². The van der Waals surface area contributed by atoms with E-state index in [0.717, 1.165) is 36.1 Å². The molecule has 5 nitrogen and oxygen atoms in total. The summed E-state index contributed by atoms with van der Waals surface area (Å²) in [6.45, 7) is 3.63. The van der Waals surface area contributed by atoms with Gasteiger partial charge in [-0.1, -0.05) is 12.8 Å². The molecular weight excluding hydrogens is 276 g/mol. The number of carboxylic acids is 1. The Hall–Kier alpha value is -1.56. The Labute approximate surface area is 122 Å². The summed E-state index contributed by atoms with van der Waals surface area (Å²) in [5.74, 6) is -0.995. The van der Waals surface area contributed by atoms with Gasteiger partial charge in [-0.2, -0.15) is 0 Å². The zero-order valence-electron chi connectivity index (χ0n) is 12.0. The number of carbonyl (C=O) groups excluding carboxylic acids is 1. The molecule has 0 unspecified atom stereocenters. The van der Waals surface area contributed by atoms with Gasteiger partial charge < -0.3 is 10.0 Å². The van der Waals surface area contributed by atoms with Crippen LogP contribution in [-0.4, -0.2) is 35.1 Å². The molecule has 0 aromatic carbocycles. The number of urea groups is 1. The van der Waals surface area contributed by atoms with Crippen molar-refractivity contribution in [3.8, 4) is 0 Å². The number of rotatable bonds is 3. The second-order valence-corrected chi connectivity index (χ2v) is 6.50. The summed E-state index contributed by atoms with van der Waals surface area (Å²) in [4.78, 5) is 26.1. The second kappa shape index (κ2) is 5.83. The SMILES string of the molecule is Cc1sc(NC(=O)N(C)C2CCCC2)c(C(=O)O)c1C. The van der Waals surface area contributed by atoms with Gasteiger partial charge >= 0.3 is 12.0 Å². The van der Waals surface area contributed by atoms with E-state index < -0.39 is 5.97 Å². The lowest BCUT2D eigenvalue weighted by atomic mass is 10.1. The van der Waals surface area contributed by atoms with E-state index in [9.17, 15) is 14.7 Å². The van der Waals surface area contributed by atoms with Crippen LogP contribution in [0.5, 0.6) is 0 Å². The van der Waals surface area contributed by atoms with Gasteiger partial charge in [-0.05, 0) is 32.3 Å². The van der Waals surface area contributed by atoms with E-state index in [1.807, 2.05) is 6.92 Å². The second-order valence-electron chi connectivity index (χ2n) is 5.27. The van der Waals surface area contributed by atoms with E-state index in [1.165, 1.54) is 11.3 Å². The van der Waals surface area contributed by atoms with Crippen LogP contribution in [0.3, 0.4) is 0 Å². The van der Waals surface area contributed by atoms with Crippen molar-refractivity contribution >= 4 is 28.3 Å². The molecule has 1 aromatic rings. The summed E-state index contributed by atoms with van der Waals surface area (Å²) in [6.07, 6.45) is 4.36. The molecule has 2 N–H and O–H groups in total. The van der Waals surface area contributed by atoms with Crippen LogP contribution in [0.2, 0.25) is 0 Å². The molecule has 1 aromatic heterocycles. The molecule has 1 heterocycles. The molecule has 1 aliphatic carbocycles. The molecule has 0 saturated heterocycles. The Bertz CT molecular complexity index is 533. The molecule has 0 radical (unpaired) electrons. The number of thiophene rings is 1. The molecule has 110 valence electrons. The number of anilines is 1. The third-order valence-corrected chi connectivity index (χ3v) is 5.14. The summed E-state index contributed by atoms with van der Waals surface area (Å²) in [7, 11) is 1.78. The Kier molecular flexibility index (Phi) is 4.32. The maximum absolute atomic E-state index is 12.2. The van der Waals surface area contributed by atoms with E-state index in [0.29, 0.717) is 5.00 Å². The van der Waals surface area contributed by atoms with E-state index in [-0.39, 0.29) is 17.6 Å². The lowest BCUT2D eigenvalue weighted by Gasteiger charge is -2.24. The predicted octanol–water partition coefficient (Wildman–Crippen LogP) is 3.47. The van der Waals surface area contributed by atoms with Crippen molar-refractivity contribution in [3.63, 3.8) is 0 Å². The summed E-state index contributed by atoms with van der Waals surface area (Å²) in [5, 5.41) is 12.5. The number of hydrogen-bond donors (Lipinski definition) is 2. The summed E-state index contributed by atoms with van der Waals surface area (Å²) in [5.41, 5.74) is 0.932. The number of amides is 2. The number of nitrogens with zero attached hydrogens (tertiary/aromatic N) is 1. The first kappa shape index (κ1) is 14.8. The molecule has 0 spiro atoms. The van der Waals surface area contributed by atoms with Crippen LogP contribution in [0.25, 0.3) is 0 Å². The van der Waals surface area contributed by atoms with Crippen LogP contribution in [0.4, 0.5) is 9.80 Å². The van der Waals surface area contributed by atoms with Crippen molar-refractivity contribution in [2.24, 2.45) is 0 Å². The number of aryl methyl sites for hydroxylation is 1. The summed E-state index contributed by atoms with van der Waals surface area (Å²) < 4.78 is 0. The minimum Gasteiger partial charge on any atom is -0.478 e. The summed E-state index contributed by atoms with van der Waals surface area (Å²) in [6, 6.07) is 0.0473. The molecule has 0 bridgehead atoms. The van der Waals surface area contributed by atoms with Crippen LogP contribution in [0.1, 0.15) is 46.5 Å². The molecule has 2 amide bonds. The normalized spacial score (nSPS) is 15.3. The van der Waals surface area contributed by atoms with Crippen molar-refractivity contribution < 1.29 is 14.7 Å². The molecule has 6 heteroatoms. The van der Waals surface area contributed by atoms with Crippen LogP contribution in [-0.2, 0) is 0 Å². The Balaban J connectivity index is 2.15. The van der Waals surface area contributed by atoms with Crippen LogP contribution >= 0.6 is 11.3 Å². The Morgan fingerprint density at radius 2 is 1.90 bits per heavy atom. The van der Waals surface area contributed by atoms with Gasteiger partial charge in [-0.25, -0.2) is 9.59 Å². The number of hydrogen-bond acceptors (Lipinski definition) is 3. The van der Waals surface area contributed by atoms with Gasteiger partial charge in [0.2, 0.25) is 0 Å². The standard InChI is InChI=1S/C14H20N2O3S/c1-8-9(2)20-12(11(8)13(17)18)15-14(19)16(3)10-6-4-5-7-10/h10H,4-7H2,1-3H3,(H,15,19)(H,17,18). The van der Waals surface area contributed by atoms with E-state index in [4.69, 9.17) is 0 Å². The first-order chi connectivity index (χ1) is 9.41. The molecular formula is C14H20N2O3S. The lowest BCUT2D eigenvalue weighted by molar-refractivity contribution is 0.0697. The fourth-order valence-electron chi connectivity index (χ4n) is 2.62. The predicted molar refractivity (Wildman–Crippen MR) is 79.8 cm³/mol. The minimum absolute atomic E-state index is 0.209. The smallest absolute Gasteiger partial charge is 0.338 e. The van der Waals surface area contributed by atoms with Gasteiger partial charge in [0, 0.05) is 18.0 Å². The van der Waals surface area contributed by atoms with Crippen LogP contribution < -0.4 is 5.32 Å².